The lowest BCUT2D eigenvalue weighted by atomic mass is 10.1. The molecular formula is C21H21N3O2. The number of nitrogens with one attached hydrogen (secondary N) is 1. The average Bonchev–Trinajstić information content (AvgIpc) is 3.25. The Bertz CT molecular complexity index is 999. The second-order valence-electron chi connectivity index (χ2n) is 6.38. The molecule has 3 aromatic heterocycles. The van der Waals surface area contributed by atoms with Crippen molar-refractivity contribution in [3.05, 3.63) is 72.3 Å². The first-order valence-corrected chi connectivity index (χ1v) is 8.93. The SMILES string of the molecule is O=C(CCCc1c[nH]c2ccccc12)OCCc1cn2ccccc2n1. The number of H-pyrrole nitrogens is 1. The molecule has 3 heterocycles. The standard InChI is InChI=1S/C21H21N3O2/c25-21(10-5-6-16-14-22-19-8-2-1-7-18(16)19)26-13-11-17-15-24-12-4-3-9-20(24)23-17/h1-4,7-9,12,14-15,22H,5-6,10-11,13H2. The second-order valence-corrected chi connectivity index (χ2v) is 6.38. The summed E-state index contributed by atoms with van der Waals surface area (Å²) in [5.74, 6) is -0.145. The van der Waals surface area contributed by atoms with Gasteiger partial charge in [-0.25, -0.2) is 4.98 Å². The van der Waals surface area contributed by atoms with Gasteiger partial charge in [0.1, 0.15) is 5.65 Å². The van der Waals surface area contributed by atoms with Crippen molar-refractivity contribution >= 4 is 22.5 Å². The molecule has 0 saturated heterocycles. The van der Waals surface area contributed by atoms with Crippen molar-refractivity contribution in [1.29, 1.82) is 0 Å². The summed E-state index contributed by atoms with van der Waals surface area (Å²) in [6.45, 7) is 0.371. The second kappa shape index (κ2) is 7.44. The zero-order chi connectivity index (χ0) is 17.8. The van der Waals surface area contributed by atoms with E-state index in [1.807, 2.05) is 53.3 Å². The number of carbonyl (C=O) groups excluding carboxylic acids is 1. The summed E-state index contributed by atoms with van der Waals surface area (Å²) >= 11 is 0. The summed E-state index contributed by atoms with van der Waals surface area (Å²) in [6.07, 6.45) is 8.68. The molecule has 0 aliphatic rings. The summed E-state index contributed by atoms with van der Waals surface area (Å²) in [6, 6.07) is 14.1. The highest BCUT2D eigenvalue weighted by Gasteiger charge is 2.07. The van der Waals surface area contributed by atoms with Crippen LogP contribution in [0.5, 0.6) is 0 Å². The highest BCUT2D eigenvalue weighted by atomic mass is 16.5. The molecule has 0 amide bonds. The number of ether oxygens (including phenoxy) is 1. The molecule has 1 N–H and O–H groups in total. The van der Waals surface area contributed by atoms with Crippen molar-refractivity contribution in [2.75, 3.05) is 6.61 Å². The third-order valence-electron chi connectivity index (χ3n) is 4.54. The first kappa shape index (κ1) is 16.4. The molecule has 0 aliphatic carbocycles. The van der Waals surface area contributed by atoms with Gasteiger partial charge in [-0.1, -0.05) is 24.3 Å². The van der Waals surface area contributed by atoms with E-state index in [1.165, 1.54) is 10.9 Å². The zero-order valence-electron chi connectivity index (χ0n) is 14.5. The molecule has 5 nitrogen and oxygen atoms in total. The molecule has 0 saturated carbocycles. The molecule has 0 fully saturated rings. The Morgan fingerprint density at radius 1 is 1.12 bits per heavy atom. The highest BCUT2D eigenvalue weighted by molar-refractivity contribution is 5.83. The van der Waals surface area contributed by atoms with E-state index in [4.69, 9.17) is 4.74 Å². The number of hydrogen-bond donors (Lipinski definition) is 1. The van der Waals surface area contributed by atoms with Crippen LogP contribution in [-0.4, -0.2) is 26.9 Å². The van der Waals surface area contributed by atoms with Crippen LogP contribution < -0.4 is 0 Å². The van der Waals surface area contributed by atoms with Gasteiger partial charge in [-0.2, -0.15) is 0 Å². The summed E-state index contributed by atoms with van der Waals surface area (Å²) in [5, 5.41) is 1.23. The number of carbonyl (C=O) groups is 1. The number of esters is 1. The summed E-state index contributed by atoms with van der Waals surface area (Å²) in [5.41, 5.74) is 4.23. The smallest absolute Gasteiger partial charge is 0.305 e. The zero-order valence-corrected chi connectivity index (χ0v) is 14.5. The third kappa shape index (κ3) is 3.61. The molecule has 0 aliphatic heterocycles. The van der Waals surface area contributed by atoms with Gasteiger partial charge in [0.15, 0.2) is 0 Å². The van der Waals surface area contributed by atoms with Crippen molar-refractivity contribution in [2.24, 2.45) is 0 Å². The topological polar surface area (TPSA) is 59.4 Å². The van der Waals surface area contributed by atoms with Gasteiger partial charge in [-0.3, -0.25) is 4.79 Å². The third-order valence-corrected chi connectivity index (χ3v) is 4.54. The molecule has 4 rings (SSSR count). The number of aromatic nitrogens is 3. The van der Waals surface area contributed by atoms with E-state index in [2.05, 4.69) is 22.1 Å². The normalized spacial score (nSPS) is 11.2. The van der Waals surface area contributed by atoms with Gasteiger partial charge >= 0.3 is 5.97 Å². The minimum atomic E-state index is -0.145. The number of aromatic amines is 1. The molecule has 0 atom stereocenters. The Labute approximate surface area is 151 Å². The Kier molecular flexibility index (Phi) is 4.69. The number of pyridine rings is 1. The Balaban J connectivity index is 1.21. The van der Waals surface area contributed by atoms with E-state index >= 15 is 0 Å². The minimum absolute atomic E-state index is 0.145. The van der Waals surface area contributed by atoms with Crippen molar-refractivity contribution in [3.8, 4) is 0 Å². The van der Waals surface area contributed by atoms with Gasteiger partial charge in [0.25, 0.3) is 0 Å². The number of imidazole rings is 1. The minimum Gasteiger partial charge on any atom is -0.465 e. The van der Waals surface area contributed by atoms with Crippen molar-refractivity contribution in [2.45, 2.75) is 25.7 Å². The van der Waals surface area contributed by atoms with Crippen LogP contribution in [0.2, 0.25) is 0 Å². The number of fused-ring (bicyclic) bond motifs is 2. The first-order valence-electron chi connectivity index (χ1n) is 8.93. The van der Waals surface area contributed by atoms with Gasteiger partial charge in [0, 0.05) is 42.3 Å². The molecular weight excluding hydrogens is 326 g/mol. The lowest BCUT2D eigenvalue weighted by Crippen LogP contribution is -2.08. The number of benzene rings is 1. The number of aryl methyl sites for hydroxylation is 1. The van der Waals surface area contributed by atoms with Crippen LogP contribution in [0.4, 0.5) is 0 Å². The lowest BCUT2D eigenvalue weighted by molar-refractivity contribution is -0.143. The predicted octanol–water partition coefficient (Wildman–Crippen LogP) is 3.92. The first-order chi connectivity index (χ1) is 12.8. The van der Waals surface area contributed by atoms with Crippen LogP contribution in [0.25, 0.3) is 16.6 Å². The Hall–Kier alpha value is -3.08. The van der Waals surface area contributed by atoms with E-state index < -0.39 is 0 Å². The summed E-state index contributed by atoms with van der Waals surface area (Å²) in [7, 11) is 0. The average molecular weight is 347 g/mol. The van der Waals surface area contributed by atoms with Crippen LogP contribution in [0.15, 0.2) is 61.1 Å². The predicted molar refractivity (Wildman–Crippen MR) is 101 cm³/mol. The van der Waals surface area contributed by atoms with Crippen molar-refractivity contribution in [1.82, 2.24) is 14.4 Å². The molecule has 132 valence electrons. The molecule has 26 heavy (non-hydrogen) atoms. The monoisotopic (exact) mass is 347 g/mol. The fourth-order valence-corrected chi connectivity index (χ4v) is 3.21. The van der Waals surface area contributed by atoms with Crippen LogP contribution in [0.3, 0.4) is 0 Å². The molecule has 5 heteroatoms. The van der Waals surface area contributed by atoms with Crippen LogP contribution in [-0.2, 0) is 22.4 Å². The largest absolute Gasteiger partial charge is 0.465 e. The van der Waals surface area contributed by atoms with Crippen LogP contribution >= 0.6 is 0 Å². The highest BCUT2D eigenvalue weighted by Crippen LogP contribution is 2.19. The molecule has 0 spiro atoms. The van der Waals surface area contributed by atoms with Crippen molar-refractivity contribution < 1.29 is 9.53 Å². The molecule has 4 aromatic rings. The molecule has 1 aromatic carbocycles. The quantitative estimate of drug-likeness (QED) is 0.515. The fraction of sp³-hybridized carbons (Fsp3) is 0.238. The number of hydrogen-bond acceptors (Lipinski definition) is 3. The summed E-state index contributed by atoms with van der Waals surface area (Å²) < 4.78 is 7.32. The van der Waals surface area contributed by atoms with Gasteiger partial charge in [-0.15, -0.1) is 0 Å². The van der Waals surface area contributed by atoms with Gasteiger partial charge in [-0.05, 0) is 36.6 Å². The van der Waals surface area contributed by atoms with Gasteiger partial charge in [0.05, 0.1) is 12.3 Å². The van der Waals surface area contributed by atoms with Crippen LogP contribution in [0.1, 0.15) is 24.1 Å². The van der Waals surface area contributed by atoms with E-state index in [1.54, 1.807) is 0 Å². The van der Waals surface area contributed by atoms with E-state index in [-0.39, 0.29) is 5.97 Å². The molecule has 0 radical (unpaired) electrons. The van der Waals surface area contributed by atoms with Crippen molar-refractivity contribution in [3.63, 3.8) is 0 Å². The van der Waals surface area contributed by atoms with E-state index in [0.29, 0.717) is 19.4 Å². The van der Waals surface area contributed by atoms with Gasteiger partial charge < -0.3 is 14.1 Å². The maximum atomic E-state index is 11.9. The number of nitrogens with zero attached hydrogens (tertiary/aromatic N) is 2. The molecule has 0 unspecified atom stereocenters. The Morgan fingerprint density at radius 3 is 2.92 bits per heavy atom. The maximum absolute atomic E-state index is 11.9. The van der Waals surface area contributed by atoms with E-state index in [9.17, 15) is 4.79 Å². The summed E-state index contributed by atoms with van der Waals surface area (Å²) in [4.78, 5) is 19.7. The van der Waals surface area contributed by atoms with E-state index in [0.717, 1.165) is 29.7 Å². The lowest BCUT2D eigenvalue weighted by Gasteiger charge is -2.03. The van der Waals surface area contributed by atoms with Crippen LogP contribution in [0, 0.1) is 0 Å². The fourth-order valence-electron chi connectivity index (χ4n) is 3.21. The number of para-hydroxylation sites is 1. The molecule has 0 bridgehead atoms. The van der Waals surface area contributed by atoms with Gasteiger partial charge in [0.2, 0.25) is 0 Å². The number of rotatable bonds is 7. The Morgan fingerprint density at radius 2 is 2.00 bits per heavy atom. The maximum Gasteiger partial charge on any atom is 0.305 e.